The van der Waals surface area contributed by atoms with Gasteiger partial charge in [0.05, 0.1) is 5.52 Å². The molecule has 4 aromatic rings. The van der Waals surface area contributed by atoms with Crippen LogP contribution >= 0.6 is 11.6 Å². The lowest BCUT2D eigenvalue weighted by molar-refractivity contribution is 0.295. The molecule has 1 aromatic heterocycles. The largest absolute Gasteiger partial charge is 0.367 e. The standard InChI is InChI=1S/C31H35ClN4/c1-4-36(5-2)21-9-10-23(3)33-31-28-19-18-27(32)22-29(28)34-30(35-31)20-15-24-13-16-26(17-14-24)25-11-7-6-8-12-25/h6-8,11-20,22-23H,4-5,9-10,21H2,1-3H3,(H,33,34,35)/b20-15+. The number of aromatic nitrogens is 2. The van der Waals surface area contributed by atoms with Crippen LogP contribution in [0.5, 0.6) is 0 Å². The van der Waals surface area contributed by atoms with E-state index in [1.54, 1.807) is 0 Å². The average molecular weight is 499 g/mol. The number of benzene rings is 3. The normalized spacial score (nSPS) is 12.5. The van der Waals surface area contributed by atoms with Gasteiger partial charge in [0.2, 0.25) is 0 Å². The quantitative estimate of drug-likeness (QED) is 0.227. The first-order valence-electron chi connectivity index (χ1n) is 12.9. The summed E-state index contributed by atoms with van der Waals surface area (Å²) in [4.78, 5) is 12.1. The van der Waals surface area contributed by atoms with Crippen LogP contribution in [0.15, 0.2) is 72.8 Å². The monoisotopic (exact) mass is 498 g/mol. The first-order chi connectivity index (χ1) is 17.6. The van der Waals surface area contributed by atoms with Gasteiger partial charge in [0.15, 0.2) is 5.82 Å². The zero-order chi connectivity index (χ0) is 25.3. The van der Waals surface area contributed by atoms with Gasteiger partial charge >= 0.3 is 0 Å². The highest BCUT2D eigenvalue weighted by Gasteiger charge is 2.11. The molecular weight excluding hydrogens is 464 g/mol. The summed E-state index contributed by atoms with van der Waals surface area (Å²) in [5, 5.41) is 5.29. The molecule has 0 radical (unpaired) electrons. The Morgan fingerprint density at radius 2 is 1.61 bits per heavy atom. The summed E-state index contributed by atoms with van der Waals surface area (Å²) in [6.45, 7) is 9.97. The van der Waals surface area contributed by atoms with E-state index in [1.165, 1.54) is 11.1 Å². The molecule has 36 heavy (non-hydrogen) atoms. The fourth-order valence-corrected chi connectivity index (χ4v) is 4.53. The predicted octanol–water partition coefficient (Wildman–Crippen LogP) is 8.04. The van der Waals surface area contributed by atoms with E-state index in [1.807, 2.05) is 30.3 Å². The number of fused-ring (bicyclic) bond motifs is 1. The molecule has 4 rings (SSSR count). The van der Waals surface area contributed by atoms with Crippen molar-refractivity contribution in [2.75, 3.05) is 25.0 Å². The second-order valence-corrected chi connectivity index (χ2v) is 9.56. The van der Waals surface area contributed by atoms with E-state index in [9.17, 15) is 0 Å². The summed E-state index contributed by atoms with van der Waals surface area (Å²) in [7, 11) is 0. The molecule has 0 bridgehead atoms. The third kappa shape index (κ3) is 6.93. The van der Waals surface area contributed by atoms with Gasteiger partial charge in [-0.05, 0) is 80.4 Å². The number of hydrogen-bond donors (Lipinski definition) is 1. The lowest BCUT2D eigenvalue weighted by Crippen LogP contribution is -2.25. The molecule has 1 N–H and O–H groups in total. The number of halogens is 1. The van der Waals surface area contributed by atoms with Crippen LogP contribution in [0.25, 0.3) is 34.2 Å². The van der Waals surface area contributed by atoms with Gasteiger partial charge in [-0.3, -0.25) is 0 Å². The first kappa shape index (κ1) is 25.9. The van der Waals surface area contributed by atoms with Crippen molar-refractivity contribution in [3.63, 3.8) is 0 Å². The van der Waals surface area contributed by atoms with Crippen LogP contribution < -0.4 is 5.32 Å². The van der Waals surface area contributed by atoms with Crippen LogP contribution in [0.2, 0.25) is 5.02 Å². The molecule has 0 saturated heterocycles. The Kier molecular flexibility index (Phi) is 9.10. The highest BCUT2D eigenvalue weighted by Crippen LogP contribution is 2.26. The summed E-state index contributed by atoms with van der Waals surface area (Å²) in [6.07, 6.45) is 6.25. The molecule has 0 spiro atoms. The minimum atomic E-state index is 0.303. The Morgan fingerprint density at radius 1 is 0.889 bits per heavy atom. The van der Waals surface area contributed by atoms with Crippen LogP contribution in [0.4, 0.5) is 5.82 Å². The second-order valence-electron chi connectivity index (χ2n) is 9.13. The molecule has 1 atom stereocenters. The molecule has 5 heteroatoms. The highest BCUT2D eigenvalue weighted by molar-refractivity contribution is 6.31. The van der Waals surface area contributed by atoms with Gasteiger partial charge in [-0.15, -0.1) is 0 Å². The molecule has 1 unspecified atom stereocenters. The molecule has 1 heterocycles. The molecule has 4 nitrogen and oxygen atoms in total. The van der Waals surface area contributed by atoms with E-state index in [4.69, 9.17) is 21.6 Å². The Balaban J connectivity index is 1.51. The molecule has 186 valence electrons. The number of rotatable bonds is 11. The third-order valence-corrected chi connectivity index (χ3v) is 6.74. The minimum Gasteiger partial charge on any atom is -0.367 e. The smallest absolute Gasteiger partial charge is 0.154 e. The van der Waals surface area contributed by atoms with Crippen molar-refractivity contribution in [1.29, 1.82) is 0 Å². The molecule has 0 aliphatic carbocycles. The van der Waals surface area contributed by atoms with Gasteiger partial charge < -0.3 is 10.2 Å². The maximum Gasteiger partial charge on any atom is 0.154 e. The van der Waals surface area contributed by atoms with Crippen LogP contribution in [-0.2, 0) is 0 Å². The molecule has 3 aromatic carbocycles. The third-order valence-electron chi connectivity index (χ3n) is 6.51. The first-order valence-corrected chi connectivity index (χ1v) is 13.2. The number of nitrogens with one attached hydrogen (secondary N) is 1. The van der Waals surface area contributed by atoms with Crippen molar-refractivity contribution in [2.45, 2.75) is 39.7 Å². The summed E-state index contributed by atoms with van der Waals surface area (Å²) in [6, 6.07) is 25.0. The predicted molar refractivity (Wildman–Crippen MR) is 155 cm³/mol. The van der Waals surface area contributed by atoms with Crippen LogP contribution in [0.1, 0.15) is 45.0 Å². The zero-order valence-corrected chi connectivity index (χ0v) is 22.2. The fraction of sp³-hybridized carbons (Fsp3) is 0.290. The Hall–Kier alpha value is -3.21. The van der Waals surface area contributed by atoms with Crippen LogP contribution in [0.3, 0.4) is 0 Å². The van der Waals surface area contributed by atoms with E-state index >= 15 is 0 Å². The van der Waals surface area contributed by atoms with Gasteiger partial charge in [0.25, 0.3) is 0 Å². The fourth-order valence-electron chi connectivity index (χ4n) is 4.36. The van der Waals surface area contributed by atoms with Crippen molar-refractivity contribution < 1.29 is 0 Å². The average Bonchev–Trinajstić information content (AvgIpc) is 2.90. The Labute approximate surface area is 220 Å². The highest BCUT2D eigenvalue weighted by atomic mass is 35.5. The Morgan fingerprint density at radius 3 is 2.33 bits per heavy atom. The van der Waals surface area contributed by atoms with Crippen molar-refractivity contribution >= 4 is 40.5 Å². The molecule has 0 amide bonds. The van der Waals surface area contributed by atoms with Crippen molar-refractivity contribution in [3.8, 4) is 11.1 Å². The molecule has 0 fully saturated rings. The Bertz CT molecular complexity index is 1280. The second kappa shape index (κ2) is 12.7. The topological polar surface area (TPSA) is 41.0 Å². The summed E-state index contributed by atoms with van der Waals surface area (Å²) in [5.74, 6) is 1.51. The lowest BCUT2D eigenvalue weighted by Gasteiger charge is -2.20. The summed E-state index contributed by atoms with van der Waals surface area (Å²) in [5.41, 5.74) is 4.36. The van der Waals surface area contributed by atoms with Crippen LogP contribution in [-0.4, -0.2) is 40.5 Å². The van der Waals surface area contributed by atoms with Crippen molar-refractivity contribution in [2.24, 2.45) is 0 Å². The van der Waals surface area contributed by atoms with Gasteiger partial charge in [-0.1, -0.05) is 86.1 Å². The van der Waals surface area contributed by atoms with Crippen LogP contribution in [0, 0.1) is 0 Å². The molecular formula is C31H35ClN4. The van der Waals surface area contributed by atoms with E-state index in [-0.39, 0.29) is 0 Å². The van der Waals surface area contributed by atoms with E-state index in [0.29, 0.717) is 16.9 Å². The van der Waals surface area contributed by atoms with Crippen molar-refractivity contribution in [3.05, 3.63) is 89.2 Å². The van der Waals surface area contributed by atoms with Gasteiger partial charge in [-0.25, -0.2) is 9.97 Å². The van der Waals surface area contributed by atoms with E-state index in [2.05, 4.69) is 85.6 Å². The SMILES string of the molecule is CCN(CC)CCCC(C)Nc1nc(/C=C/c2ccc(-c3ccccc3)cc2)nc2cc(Cl)ccc12. The lowest BCUT2D eigenvalue weighted by atomic mass is 10.0. The van der Waals surface area contributed by atoms with Gasteiger partial charge in [0.1, 0.15) is 5.82 Å². The maximum absolute atomic E-state index is 6.29. The van der Waals surface area contributed by atoms with E-state index < -0.39 is 0 Å². The number of hydrogen-bond acceptors (Lipinski definition) is 4. The summed E-state index contributed by atoms with van der Waals surface area (Å²) < 4.78 is 0. The molecule has 0 aliphatic heterocycles. The maximum atomic E-state index is 6.29. The van der Waals surface area contributed by atoms with Crippen molar-refractivity contribution in [1.82, 2.24) is 14.9 Å². The molecule has 0 aliphatic rings. The van der Waals surface area contributed by atoms with E-state index in [0.717, 1.165) is 54.8 Å². The summed E-state index contributed by atoms with van der Waals surface area (Å²) >= 11 is 6.29. The zero-order valence-electron chi connectivity index (χ0n) is 21.4. The van der Waals surface area contributed by atoms with Gasteiger partial charge in [0, 0.05) is 16.5 Å². The molecule has 0 saturated carbocycles. The van der Waals surface area contributed by atoms with Gasteiger partial charge in [-0.2, -0.15) is 0 Å². The minimum absolute atomic E-state index is 0.303. The number of nitrogens with zero attached hydrogens (tertiary/aromatic N) is 3. The number of anilines is 1.